The van der Waals surface area contributed by atoms with Gasteiger partial charge in [-0.3, -0.25) is 0 Å². The second-order valence-corrected chi connectivity index (χ2v) is 4.35. The van der Waals surface area contributed by atoms with E-state index in [2.05, 4.69) is 18.7 Å². The molecule has 66 valence electrons. The highest BCUT2D eigenvalue weighted by Crippen LogP contribution is 2.45. The third-order valence-corrected chi connectivity index (χ3v) is 3.07. The maximum absolute atomic E-state index is 9.12. The Morgan fingerprint density at radius 1 is 1.31 bits per heavy atom. The first kappa shape index (κ1) is 8.65. The number of rotatable bonds is 1. The highest BCUT2D eigenvalue weighted by molar-refractivity contribution is 7.81. The first-order chi connectivity index (χ1) is 6.27. The van der Waals surface area contributed by atoms with E-state index in [-0.39, 0.29) is 5.41 Å². The highest BCUT2D eigenvalue weighted by atomic mass is 32.1. The van der Waals surface area contributed by atoms with Gasteiger partial charge in [0.25, 0.3) is 0 Å². The molecule has 0 saturated heterocycles. The fourth-order valence-electron chi connectivity index (χ4n) is 1.89. The SMILES string of the molecule is N#CC1(c2ccccc2)CC(S)C1. The molecule has 1 fully saturated rings. The molecule has 0 atom stereocenters. The molecule has 0 aliphatic heterocycles. The maximum Gasteiger partial charge on any atom is 0.0843 e. The molecule has 1 nitrogen and oxygen atoms in total. The summed E-state index contributed by atoms with van der Waals surface area (Å²) in [6.07, 6.45) is 1.77. The smallest absolute Gasteiger partial charge is 0.0843 e. The Morgan fingerprint density at radius 2 is 1.92 bits per heavy atom. The molecule has 2 rings (SSSR count). The lowest BCUT2D eigenvalue weighted by atomic mass is 9.65. The van der Waals surface area contributed by atoms with E-state index in [1.807, 2.05) is 30.3 Å². The van der Waals surface area contributed by atoms with Gasteiger partial charge < -0.3 is 0 Å². The number of thiol groups is 1. The summed E-state index contributed by atoms with van der Waals surface area (Å²) in [6, 6.07) is 12.4. The Kier molecular flexibility index (Phi) is 2.05. The van der Waals surface area contributed by atoms with Gasteiger partial charge in [-0.1, -0.05) is 30.3 Å². The van der Waals surface area contributed by atoms with E-state index in [9.17, 15) is 0 Å². The van der Waals surface area contributed by atoms with Crippen molar-refractivity contribution < 1.29 is 0 Å². The van der Waals surface area contributed by atoms with E-state index >= 15 is 0 Å². The van der Waals surface area contributed by atoms with Crippen molar-refractivity contribution in [3.63, 3.8) is 0 Å². The van der Waals surface area contributed by atoms with Crippen molar-refractivity contribution in [2.24, 2.45) is 0 Å². The second kappa shape index (κ2) is 3.08. The van der Waals surface area contributed by atoms with Gasteiger partial charge in [0, 0.05) is 5.25 Å². The van der Waals surface area contributed by atoms with Crippen LogP contribution in [0.1, 0.15) is 18.4 Å². The van der Waals surface area contributed by atoms with Crippen LogP contribution < -0.4 is 0 Å². The Balaban J connectivity index is 2.31. The van der Waals surface area contributed by atoms with Crippen LogP contribution in [0.5, 0.6) is 0 Å². The quantitative estimate of drug-likeness (QED) is 0.674. The average Bonchev–Trinajstić information content (AvgIpc) is 2.14. The van der Waals surface area contributed by atoms with Crippen LogP contribution in [0, 0.1) is 11.3 Å². The van der Waals surface area contributed by atoms with Crippen LogP contribution in [0.25, 0.3) is 0 Å². The molecular weight excluding hydrogens is 178 g/mol. The van der Waals surface area contributed by atoms with Gasteiger partial charge in [0.15, 0.2) is 0 Å². The molecule has 0 radical (unpaired) electrons. The molecule has 1 aromatic rings. The third-order valence-electron chi connectivity index (χ3n) is 2.71. The zero-order chi connectivity index (χ0) is 9.31. The number of hydrogen-bond donors (Lipinski definition) is 1. The minimum absolute atomic E-state index is 0.242. The zero-order valence-corrected chi connectivity index (χ0v) is 8.17. The number of hydrogen-bond acceptors (Lipinski definition) is 2. The lowest BCUT2D eigenvalue weighted by Crippen LogP contribution is -2.40. The molecule has 1 aromatic carbocycles. The van der Waals surface area contributed by atoms with E-state index in [0.717, 1.165) is 18.4 Å². The molecule has 0 aromatic heterocycles. The van der Waals surface area contributed by atoms with Crippen molar-refractivity contribution in [1.29, 1.82) is 5.26 Å². The summed E-state index contributed by atoms with van der Waals surface area (Å²) < 4.78 is 0. The van der Waals surface area contributed by atoms with Crippen molar-refractivity contribution >= 4 is 12.6 Å². The molecule has 0 heterocycles. The molecule has 0 N–H and O–H groups in total. The molecule has 1 aliphatic rings. The van der Waals surface area contributed by atoms with E-state index in [1.54, 1.807) is 0 Å². The topological polar surface area (TPSA) is 23.8 Å². The van der Waals surface area contributed by atoms with Gasteiger partial charge in [-0.15, -0.1) is 0 Å². The molecular formula is C11H11NS. The van der Waals surface area contributed by atoms with E-state index < -0.39 is 0 Å². The van der Waals surface area contributed by atoms with Gasteiger partial charge in [0.2, 0.25) is 0 Å². The molecule has 0 spiro atoms. The number of benzene rings is 1. The Labute approximate surface area is 83.8 Å². The Bertz CT molecular complexity index is 333. The summed E-state index contributed by atoms with van der Waals surface area (Å²) >= 11 is 4.35. The summed E-state index contributed by atoms with van der Waals surface area (Å²) in [5, 5.41) is 9.53. The molecule has 0 bridgehead atoms. The maximum atomic E-state index is 9.12. The average molecular weight is 189 g/mol. The Morgan fingerprint density at radius 3 is 2.38 bits per heavy atom. The van der Waals surface area contributed by atoms with Crippen molar-refractivity contribution in [1.82, 2.24) is 0 Å². The van der Waals surface area contributed by atoms with E-state index in [4.69, 9.17) is 5.26 Å². The van der Waals surface area contributed by atoms with Crippen molar-refractivity contribution in [3.8, 4) is 6.07 Å². The van der Waals surface area contributed by atoms with Crippen LogP contribution in [0.3, 0.4) is 0 Å². The molecule has 1 aliphatic carbocycles. The van der Waals surface area contributed by atoms with Crippen LogP contribution in [-0.4, -0.2) is 5.25 Å². The lowest BCUT2D eigenvalue weighted by molar-refractivity contribution is 0.339. The minimum atomic E-state index is -0.242. The molecule has 2 heteroatoms. The highest BCUT2D eigenvalue weighted by Gasteiger charge is 2.44. The van der Waals surface area contributed by atoms with Crippen LogP contribution >= 0.6 is 12.6 Å². The first-order valence-electron chi connectivity index (χ1n) is 4.42. The number of nitriles is 1. The van der Waals surface area contributed by atoms with Gasteiger partial charge in [-0.05, 0) is 18.4 Å². The van der Waals surface area contributed by atoms with Crippen LogP contribution in [-0.2, 0) is 5.41 Å². The van der Waals surface area contributed by atoms with Gasteiger partial charge in [-0.2, -0.15) is 17.9 Å². The first-order valence-corrected chi connectivity index (χ1v) is 4.93. The molecule has 13 heavy (non-hydrogen) atoms. The molecule has 0 unspecified atom stereocenters. The Hall–Kier alpha value is -0.940. The monoisotopic (exact) mass is 189 g/mol. The summed E-state index contributed by atoms with van der Waals surface area (Å²) in [4.78, 5) is 0. The van der Waals surface area contributed by atoms with Crippen molar-refractivity contribution in [3.05, 3.63) is 35.9 Å². The molecule has 1 saturated carbocycles. The van der Waals surface area contributed by atoms with E-state index in [1.165, 1.54) is 0 Å². The minimum Gasteiger partial charge on any atom is -0.197 e. The number of nitrogens with zero attached hydrogens (tertiary/aromatic N) is 1. The summed E-state index contributed by atoms with van der Waals surface area (Å²) in [5.41, 5.74) is 0.899. The fraction of sp³-hybridized carbons (Fsp3) is 0.364. The van der Waals surface area contributed by atoms with Gasteiger partial charge in [-0.25, -0.2) is 0 Å². The largest absolute Gasteiger partial charge is 0.197 e. The van der Waals surface area contributed by atoms with Crippen LogP contribution in [0.15, 0.2) is 30.3 Å². The summed E-state index contributed by atoms with van der Waals surface area (Å²) in [7, 11) is 0. The van der Waals surface area contributed by atoms with Crippen LogP contribution in [0.2, 0.25) is 0 Å². The predicted octanol–water partition coefficient (Wildman–Crippen LogP) is 2.54. The van der Waals surface area contributed by atoms with Crippen molar-refractivity contribution in [2.45, 2.75) is 23.5 Å². The molecule has 0 amide bonds. The van der Waals surface area contributed by atoms with Gasteiger partial charge >= 0.3 is 0 Å². The van der Waals surface area contributed by atoms with Crippen molar-refractivity contribution in [2.75, 3.05) is 0 Å². The van der Waals surface area contributed by atoms with Gasteiger partial charge in [0.05, 0.1) is 11.5 Å². The zero-order valence-electron chi connectivity index (χ0n) is 7.27. The fourth-order valence-corrected chi connectivity index (χ4v) is 2.52. The second-order valence-electron chi connectivity index (χ2n) is 3.62. The van der Waals surface area contributed by atoms with Crippen LogP contribution in [0.4, 0.5) is 0 Å². The lowest BCUT2D eigenvalue weighted by Gasteiger charge is -2.40. The third kappa shape index (κ3) is 1.34. The summed E-state index contributed by atoms with van der Waals surface area (Å²) in [6.45, 7) is 0. The predicted molar refractivity (Wildman–Crippen MR) is 55.7 cm³/mol. The standard InChI is InChI=1S/C11H11NS/c12-8-11(6-10(13)7-11)9-4-2-1-3-5-9/h1-5,10,13H,6-7H2. The normalized spacial score (nSPS) is 31.8. The van der Waals surface area contributed by atoms with Gasteiger partial charge in [0.1, 0.15) is 0 Å². The summed E-state index contributed by atoms with van der Waals surface area (Å²) in [5.74, 6) is 0. The van der Waals surface area contributed by atoms with E-state index in [0.29, 0.717) is 5.25 Å².